The van der Waals surface area contributed by atoms with Crippen LogP contribution in [0.15, 0.2) is 72.8 Å². The summed E-state index contributed by atoms with van der Waals surface area (Å²) in [5, 5.41) is 17.8. The van der Waals surface area contributed by atoms with E-state index in [0.29, 0.717) is 46.4 Å². The number of ether oxygens (including phenoxy) is 3. The Balaban J connectivity index is 1.53. The van der Waals surface area contributed by atoms with E-state index in [4.69, 9.17) is 14.2 Å². The van der Waals surface area contributed by atoms with Crippen LogP contribution in [-0.4, -0.2) is 28.4 Å². The SMILES string of the molecule is COC(=O)c1ccc(Oc2c(-c3ccc(OCc4ccccc4)cc3O)n[nH]c2C)cc1. The number of carbonyl (C=O) groups is 1. The lowest BCUT2D eigenvalue weighted by Crippen LogP contribution is -2.00. The van der Waals surface area contributed by atoms with Crippen LogP contribution >= 0.6 is 0 Å². The van der Waals surface area contributed by atoms with Gasteiger partial charge in [0.15, 0.2) is 5.75 Å². The molecule has 0 amide bonds. The Morgan fingerprint density at radius 3 is 2.41 bits per heavy atom. The van der Waals surface area contributed by atoms with E-state index in [1.54, 1.807) is 42.5 Å². The third-order valence-electron chi connectivity index (χ3n) is 4.86. The first kappa shape index (κ1) is 21.0. The van der Waals surface area contributed by atoms with Gasteiger partial charge >= 0.3 is 5.97 Å². The fourth-order valence-electron chi connectivity index (χ4n) is 3.16. The lowest BCUT2D eigenvalue weighted by Gasteiger charge is -2.11. The van der Waals surface area contributed by atoms with Gasteiger partial charge in [0.1, 0.15) is 29.5 Å². The summed E-state index contributed by atoms with van der Waals surface area (Å²) in [7, 11) is 1.33. The summed E-state index contributed by atoms with van der Waals surface area (Å²) in [4.78, 5) is 11.6. The number of aromatic hydroxyl groups is 1. The molecule has 162 valence electrons. The number of esters is 1. The molecule has 0 aliphatic heterocycles. The average molecular weight is 430 g/mol. The molecule has 0 bridgehead atoms. The molecule has 0 aliphatic carbocycles. The zero-order valence-corrected chi connectivity index (χ0v) is 17.7. The minimum absolute atomic E-state index is 0.0213. The van der Waals surface area contributed by atoms with Crippen LogP contribution in [-0.2, 0) is 11.3 Å². The number of H-pyrrole nitrogens is 1. The number of aromatic nitrogens is 2. The lowest BCUT2D eigenvalue weighted by molar-refractivity contribution is 0.0600. The van der Waals surface area contributed by atoms with Gasteiger partial charge in [-0.2, -0.15) is 5.10 Å². The lowest BCUT2D eigenvalue weighted by atomic mass is 10.1. The highest BCUT2D eigenvalue weighted by Gasteiger charge is 2.18. The first-order valence-electron chi connectivity index (χ1n) is 9.96. The molecule has 3 aromatic carbocycles. The monoisotopic (exact) mass is 430 g/mol. The number of benzene rings is 3. The molecule has 32 heavy (non-hydrogen) atoms. The standard InChI is InChI=1S/C25H22N2O5/c1-16-24(32-19-10-8-18(9-11-19)25(29)30-2)23(27-26-16)21-13-12-20(14-22(21)28)31-15-17-6-4-3-5-7-17/h3-14,28H,15H2,1-2H3,(H,26,27). The fourth-order valence-corrected chi connectivity index (χ4v) is 3.16. The van der Waals surface area contributed by atoms with Gasteiger partial charge < -0.3 is 19.3 Å². The molecular formula is C25H22N2O5. The van der Waals surface area contributed by atoms with Crippen molar-refractivity contribution in [2.75, 3.05) is 7.11 Å². The number of carbonyl (C=O) groups excluding carboxylic acids is 1. The van der Waals surface area contributed by atoms with Crippen molar-refractivity contribution in [1.29, 1.82) is 0 Å². The summed E-state index contributed by atoms with van der Waals surface area (Å²) < 4.78 is 16.5. The number of nitrogens with one attached hydrogen (secondary N) is 1. The van der Waals surface area contributed by atoms with Crippen molar-refractivity contribution in [2.45, 2.75) is 13.5 Å². The largest absolute Gasteiger partial charge is 0.507 e. The molecule has 7 heteroatoms. The summed E-state index contributed by atoms with van der Waals surface area (Å²) >= 11 is 0. The van der Waals surface area contributed by atoms with Crippen LogP contribution in [0.3, 0.4) is 0 Å². The van der Waals surface area contributed by atoms with Crippen LogP contribution in [0.2, 0.25) is 0 Å². The van der Waals surface area contributed by atoms with Crippen molar-refractivity contribution in [3.05, 3.63) is 89.6 Å². The van der Waals surface area contributed by atoms with Gasteiger partial charge in [0.2, 0.25) is 0 Å². The molecule has 0 aliphatic rings. The maximum absolute atomic E-state index is 11.6. The van der Waals surface area contributed by atoms with Gasteiger partial charge in [0, 0.05) is 11.6 Å². The Bertz CT molecular complexity index is 1220. The molecule has 0 atom stereocenters. The Morgan fingerprint density at radius 2 is 1.72 bits per heavy atom. The second kappa shape index (κ2) is 9.26. The summed E-state index contributed by atoms with van der Waals surface area (Å²) in [6.07, 6.45) is 0. The van der Waals surface area contributed by atoms with E-state index >= 15 is 0 Å². The van der Waals surface area contributed by atoms with E-state index in [9.17, 15) is 9.90 Å². The zero-order valence-electron chi connectivity index (χ0n) is 17.7. The van der Waals surface area contributed by atoms with Gasteiger partial charge in [-0.3, -0.25) is 5.10 Å². The number of aromatic amines is 1. The smallest absolute Gasteiger partial charge is 0.337 e. The van der Waals surface area contributed by atoms with Crippen LogP contribution in [0.4, 0.5) is 0 Å². The summed E-state index contributed by atoms with van der Waals surface area (Å²) in [5.74, 6) is 1.14. The number of hydrogen-bond donors (Lipinski definition) is 2. The van der Waals surface area contributed by atoms with Crippen molar-refractivity contribution in [1.82, 2.24) is 10.2 Å². The summed E-state index contributed by atoms with van der Waals surface area (Å²) in [5.41, 5.74) is 3.12. The van der Waals surface area contributed by atoms with Crippen molar-refractivity contribution >= 4 is 5.97 Å². The number of hydrogen-bond acceptors (Lipinski definition) is 6. The minimum atomic E-state index is -0.420. The number of phenols is 1. The maximum Gasteiger partial charge on any atom is 0.337 e. The van der Waals surface area contributed by atoms with E-state index < -0.39 is 5.97 Å². The van der Waals surface area contributed by atoms with Gasteiger partial charge in [-0.25, -0.2) is 4.79 Å². The first-order valence-corrected chi connectivity index (χ1v) is 9.96. The van der Waals surface area contributed by atoms with Gasteiger partial charge in [-0.1, -0.05) is 30.3 Å². The van der Waals surface area contributed by atoms with Crippen molar-refractivity contribution in [2.24, 2.45) is 0 Å². The number of methoxy groups -OCH3 is 1. The highest BCUT2D eigenvalue weighted by molar-refractivity contribution is 5.89. The molecule has 0 saturated carbocycles. The predicted molar refractivity (Wildman–Crippen MR) is 119 cm³/mol. The normalized spacial score (nSPS) is 10.6. The van der Waals surface area contributed by atoms with Crippen molar-refractivity contribution in [3.63, 3.8) is 0 Å². The number of phenolic OH excluding ortho intramolecular Hbond substituents is 1. The van der Waals surface area contributed by atoms with Gasteiger partial charge in [-0.05, 0) is 48.9 Å². The van der Waals surface area contributed by atoms with Crippen molar-refractivity contribution in [3.8, 4) is 34.3 Å². The number of rotatable bonds is 7. The van der Waals surface area contributed by atoms with E-state index in [2.05, 4.69) is 10.2 Å². The highest BCUT2D eigenvalue weighted by Crippen LogP contribution is 2.39. The third kappa shape index (κ3) is 4.57. The second-order valence-electron chi connectivity index (χ2n) is 7.10. The summed E-state index contributed by atoms with van der Waals surface area (Å²) in [6.45, 7) is 2.22. The molecule has 0 fully saturated rings. The van der Waals surface area contributed by atoms with Gasteiger partial charge in [-0.15, -0.1) is 0 Å². The molecule has 4 rings (SSSR count). The third-order valence-corrected chi connectivity index (χ3v) is 4.86. The average Bonchev–Trinajstić information content (AvgIpc) is 3.18. The molecule has 0 spiro atoms. The van der Waals surface area contributed by atoms with E-state index in [1.165, 1.54) is 7.11 Å². The Morgan fingerprint density at radius 1 is 1.00 bits per heavy atom. The van der Waals surface area contributed by atoms with Crippen LogP contribution in [0.1, 0.15) is 21.6 Å². The topological polar surface area (TPSA) is 93.7 Å². The quantitative estimate of drug-likeness (QED) is 0.389. The fraction of sp³-hybridized carbons (Fsp3) is 0.120. The highest BCUT2D eigenvalue weighted by atomic mass is 16.5. The number of nitrogens with zero attached hydrogens (tertiary/aromatic N) is 1. The molecule has 2 N–H and O–H groups in total. The van der Waals surface area contributed by atoms with Crippen LogP contribution in [0, 0.1) is 6.92 Å². The van der Waals surface area contributed by atoms with E-state index in [0.717, 1.165) is 5.56 Å². The molecule has 1 heterocycles. The van der Waals surface area contributed by atoms with Crippen molar-refractivity contribution < 1.29 is 24.1 Å². The minimum Gasteiger partial charge on any atom is -0.507 e. The maximum atomic E-state index is 11.6. The van der Waals surface area contributed by atoms with Gasteiger partial charge in [0.05, 0.1) is 18.4 Å². The Hall–Kier alpha value is -4.26. The first-order chi connectivity index (χ1) is 15.5. The Labute approximate surface area is 185 Å². The van der Waals surface area contributed by atoms with E-state index in [-0.39, 0.29) is 5.75 Å². The van der Waals surface area contributed by atoms with Crippen LogP contribution < -0.4 is 9.47 Å². The second-order valence-corrected chi connectivity index (χ2v) is 7.10. The van der Waals surface area contributed by atoms with Gasteiger partial charge in [0.25, 0.3) is 0 Å². The molecule has 0 unspecified atom stereocenters. The molecular weight excluding hydrogens is 408 g/mol. The zero-order chi connectivity index (χ0) is 22.5. The molecule has 7 nitrogen and oxygen atoms in total. The molecule has 0 radical (unpaired) electrons. The number of aryl methyl sites for hydroxylation is 1. The molecule has 0 saturated heterocycles. The van der Waals surface area contributed by atoms with Crippen LogP contribution in [0.25, 0.3) is 11.3 Å². The predicted octanol–water partition coefficient (Wildman–Crippen LogP) is 5.25. The molecule has 4 aromatic rings. The molecule has 1 aromatic heterocycles. The van der Waals surface area contributed by atoms with Crippen LogP contribution in [0.5, 0.6) is 23.0 Å². The Kier molecular flexibility index (Phi) is 6.07. The summed E-state index contributed by atoms with van der Waals surface area (Å²) in [6, 6.07) is 21.4. The van der Waals surface area contributed by atoms with E-state index in [1.807, 2.05) is 37.3 Å².